The average Bonchev–Trinajstić information content (AvgIpc) is 1.88. The third-order valence-corrected chi connectivity index (χ3v) is 1.65. The molecule has 0 saturated carbocycles. The van der Waals surface area contributed by atoms with Crippen LogP contribution in [-0.2, 0) is 0 Å². The van der Waals surface area contributed by atoms with E-state index in [1.165, 1.54) is 0 Å². The van der Waals surface area contributed by atoms with Crippen LogP contribution in [0.5, 0.6) is 0 Å². The fraction of sp³-hybridized carbons (Fsp3) is 0.500. The smallest absolute Gasteiger partial charge is 0.0257 e. The number of halogens is 1. The summed E-state index contributed by atoms with van der Waals surface area (Å²) >= 11 is 5.63. The molecule has 0 fully saturated rings. The molecule has 0 aromatic carbocycles. The summed E-state index contributed by atoms with van der Waals surface area (Å²) in [6, 6.07) is 0. The summed E-state index contributed by atoms with van der Waals surface area (Å²) in [5.41, 5.74) is 0. The highest BCUT2D eigenvalue weighted by Gasteiger charge is 2.00. The Hall–Kier alpha value is -0.230. The third-order valence-electron chi connectivity index (χ3n) is 1.22. The second-order valence-corrected chi connectivity index (χ2v) is 2.38. The number of hydrogen-bond donors (Lipinski definition) is 0. The molecular formula is C8H13Cl. The molecule has 0 nitrogen and oxygen atoms in total. The fourth-order valence-corrected chi connectivity index (χ4v) is 0.946. The fourth-order valence-electron chi connectivity index (χ4n) is 0.694. The van der Waals surface area contributed by atoms with Crippen molar-refractivity contribution < 1.29 is 0 Å². The van der Waals surface area contributed by atoms with Gasteiger partial charge in [-0.15, -0.1) is 24.8 Å². The van der Waals surface area contributed by atoms with Crippen LogP contribution in [0, 0.1) is 5.92 Å². The molecule has 9 heavy (non-hydrogen) atoms. The number of alkyl halides is 1. The van der Waals surface area contributed by atoms with Crippen molar-refractivity contribution in [1.82, 2.24) is 0 Å². The van der Waals surface area contributed by atoms with Crippen LogP contribution in [0.15, 0.2) is 25.3 Å². The predicted octanol–water partition coefficient (Wildman–Crippen LogP) is 2.99. The topological polar surface area (TPSA) is 0 Å². The Kier molecular flexibility index (Phi) is 5.75. The second-order valence-electron chi connectivity index (χ2n) is 2.07. The molecule has 0 spiro atoms. The van der Waals surface area contributed by atoms with Gasteiger partial charge in [0, 0.05) is 5.88 Å². The molecule has 0 bridgehead atoms. The molecule has 0 unspecified atom stereocenters. The lowest BCUT2D eigenvalue weighted by molar-refractivity contribution is 0.611. The van der Waals surface area contributed by atoms with Gasteiger partial charge in [0.2, 0.25) is 0 Å². The Morgan fingerprint density at radius 1 is 1.22 bits per heavy atom. The van der Waals surface area contributed by atoms with Crippen molar-refractivity contribution in [2.24, 2.45) is 5.92 Å². The molecule has 0 aliphatic heterocycles. The Bertz CT molecular complexity index is 76.6. The number of rotatable bonds is 5. The molecule has 0 rings (SSSR count). The molecule has 0 radical (unpaired) electrons. The zero-order valence-corrected chi connectivity index (χ0v) is 6.40. The van der Waals surface area contributed by atoms with Crippen molar-refractivity contribution in [1.29, 1.82) is 0 Å². The van der Waals surface area contributed by atoms with Crippen molar-refractivity contribution in [2.45, 2.75) is 12.8 Å². The normalized spacial score (nSPS) is 9.56. The van der Waals surface area contributed by atoms with Gasteiger partial charge in [0.1, 0.15) is 0 Å². The molecule has 0 atom stereocenters. The standard InChI is InChI=1S/C8H13Cl/c1-3-5-8(7-9)6-4-2/h3-4,8H,1-2,5-7H2. The molecule has 0 aromatic rings. The molecule has 1 heteroatoms. The second kappa shape index (κ2) is 5.90. The van der Waals surface area contributed by atoms with E-state index in [0.29, 0.717) is 11.8 Å². The van der Waals surface area contributed by atoms with Crippen LogP contribution in [-0.4, -0.2) is 5.88 Å². The first-order valence-electron chi connectivity index (χ1n) is 3.12. The summed E-state index contributed by atoms with van der Waals surface area (Å²) in [6.45, 7) is 7.28. The highest BCUT2D eigenvalue weighted by atomic mass is 35.5. The Morgan fingerprint density at radius 3 is 1.89 bits per heavy atom. The van der Waals surface area contributed by atoms with Gasteiger partial charge in [-0.05, 0) is 18.8 Å². The first kappa shape index (κ1) is 8.77. The van der Waals surface area contributed by atoms with Gasteiger partial charge in [-0.25, -0.2) is 0 Å². The lowest BCUT2D eigenvalue weighted by Crippen LogP contribution is -1.97. The molecule has 0 aliphatic carbocycles. The van der Waals surface area contributed by atoms with Gasteiger partial charge in [-0.1, -0.05) is 12.2 Å². The van der Waals surface area contributed by atoms with Crippen LogP contribution < -0.4 is 0 Å². The summed E-state index contributed by atoms with van der Waals surface area (Å²) < 4.78 is 0. The van der Waals surface area contributed by atoms with Crippen molar-refractivity contribution in [3.05, 3.63) is 25.3 Å². The lowest BCUT2D eigenvalue weighted by Gasteiger charge is -2.05. The quantitative estimate of drug-likeness (QED) is 0.411. The Labute approximate surface area is 62.2 Å². The molecule has 0 N–H and O–H groups in total. The van der Waals surface area contributed by atoms with Gasteiger partial charge in [0.05, 0.1) is 0 Å². The van der Waals surface area contributed by atoms with Crippen molar-refractivity contribution in [3.63, 3.8) is 0 Å². The summed E-state index contributed by atoms with van der Waals surface area (Å²) in [5.74, 6) is 1.25. The lowest BCUT2D eigenvalue weighted by atomic mass is 10.0. The van der Waals surface area contributed by atoms with E-state index in [1.807, 2.05) is 12.2 Å². The minimum absolute atomic E-state index is 0.543. The maximum Gasteiger partial charge on any atom is 0.0257 e. The summed E-state index contributed by atoms with van der Waals surface area (Å²) in [4.78, 5) is 0. The van der Waals surface area contributed by atoms with Crippen LogP contribution >= 0.6 is 11.6 Å². The van der Waals surface area contributed by atoms with E-state index in [4.69, 9.17) is 11.6 Å². The van der Waals surface area contributed by atoms with E-state index in [2.05, 4.69) is 13.2 Å². The predicted molar refractivity (Wildman–Crippen MR) is 43.8 cm³/mol. The molecule has 0 heterocycles. The minimum atomic E-state index is 0.543. The first-order chi connectivity index (χ1) is 4.35. The maximum atomic E-state index is 5.63. The average molecular weight is 145 g/mol. The summed E-state index contributed by atoms with van der Waals surface area (Å²) in [5, 5.41) is 0. The van der Waals surface area contributed by atoms with Crippen molar-refractivity contribution in [3.8, 4) is 0 Å². The van der Waals surface area contributed by atoms with E-state index in [9.17, 15) is 0 Å². The third kappa shape index (κ3) is 4.28. The van der Waals surface area contributed by atoms with Crippen LogP contribution in [0.3, 0.4) is 0 Å². The van der Waals surface area contributed by atoms with Gasteiger partial charge in [-0.2, -0.15) is 0 Å². The molecule has 0 saturated heterocycles. The van der Waals surface area contributed by atoms with Crippen LogP contribution in [0.25, 0.3) is 0 Å². The highest BCUT2D eigenvalue weighted by Crippen LogP contribution is 2.10. The van der Waals surface area contributed by atoms with Crippen molar-refractivity contribution in [2.75, 3.05) is 5.88 Å². The molecule has 0 aliphatic rings. The van der Waals surface area contributed by atoms with Gasteiger partial charge in [-0.3, -0.25) is 0 Å². The maximum absolute atomic E-state index is 5.63. The van der Waals surface area contributed by atoms with E-state index in [1.54, 1.807) is 0 Å². The zero-order chi connectivity index (χ0) is 7.11. The minimum Gasteiger partial charge on any atom is -0.126 e. The van der Waals surface area contributed by atoms with Crippen LogP contribution in [0.1, 0.15) is 12.8 Å². The Balaban J connectivity index is 3.39. The number of hydrogen-bond acceptors (Lipinski definition) is 0. The largest absolute Gasteiger partial charge is 0.126 e. The van der Waals surface area contributed by atoms with Gasteiger partial charge in [0.25, 0.3) is 0 Å². The SMILES string of the molecule is C=CCC(CCl)CC=C. The van der Waals surface area contributed by atoms with E-state index in [-0.39, 0.29) is 0 Å². The molecule has 52 valence electrons. The van der Waals surface area contributed by atoms with Gasteiger partial charge >= 0.3 is 0 Å². The Morgan fingerprint density at radius 2 is 1.67 bits per heavy atom. The van der Waals surface area contributed by atoms with Gasteiger partial charge < -0.3 is 0 Å². The van der Waals surface area contributed by atoms with Crippen molar-refractivity contribution >= 4 is 11.6 Å². The van der Waals surface area contributed by atoms with E-state index < -0.39 is 0 Å². The number of allylic oxidation sites excluding steroid dienone is 2. The van der Waals surface area contributed by atoms with E-state index >= 15 is 0 Å². The highest BCUT2D eigenvalue weighted by molar-refractivity contribution is 6.18. The molecule has 0 aromatic heterocycles. The zero-order valence-electron chi connectivity index (χ0n) is 5.65. The van der Waals surface area contributed by atoms with Gasteiger partial charge in [0.15, 0.2) is 0 Å². The molecule has 0 amide bonds. The summed E-state index contributed by atoms with van der Waals surface area (Å²) in [7, 11) is 0. The van der Waals surface area contributed by atoms with Crippen LogP contribution in [0.4, 0.5) is 0 Å². The summed E-state index contributed by atoms with van der Waals surface area (Å²) in [6.07, 6.45) is 5.79. The van der Waals surface area contributed by atoms with E-state index in [0.717, 1.165) is 12.8 Å². The molecular weight excluding hydrogens is 132 g/mol. The first-order valence-corrected chi connectivity index (χ1v) is 3.66. The van der Waals surface area contributed by atoms with Crippen LogP contribution in [0.2, 0.25) is 0 Å². The monoisotopic (exact) mass is 144 g/mol.